The number of hydrogen-bond acceptors (Lipinski definition) is 3. The van der Waals surface area contributed by atoms with Gasteiger partial charge in [0.15, 0.2) is 0 Å². The third kappa shape index (κ3) is 3.62. The minimum Gasteiger partial charge on any atom is -0.497 e. The lowest BCUT2D eigenvalue weighted by Gasteiger charge is -2.29. The summed E-state index contributed by atoms with van der Waals surface area (Å²) in [7, 11) is 1.63. The molecule has 0 fully saturated rings. The fraction of sp³-hybridized carbons (Fsp3) is 0.286. The van der Waals surface area contributed by atoms with Gasteiger partial charge in [0.1, 0.15) is 11.6 Å². The van der Waals surface area contributed by atoms with Crippen LogP contribution in [0.3, 0.4) is 0 Å². The molecule has 0 unspecified atom stereocenters. The summed E-state index contributed by atoms with van der Waals surface area (Å²) in [6.45, 7) is 2.76. The number of benzene rings is 2. The van der Waals surface area contributed by atoms with E-state index in [4.69, 9.17) is 4.74 Å². The van der Waals surface area contributed by atoms with Gasteiger partial charge in [-0.3, -0.25) is 4.90 Å². The minimum atomic E-state index is -4.40. The van der Waals surface area contributed by atoms with Crippen molar-refractivity contribution in [3.05, 3.63) is 71.5 Å². The molecule has 0 N–H and O–H groups in total. The lowest BCUT2D eigenvalue weighted by molar-refractivity contribution is -0.137. The first-order valence-corrected chi connectivity index (χ1v) is 9.02. The molecule has 2 aromatic carbocycles. The summed E-state index contributed by atoms with van der Waals surface area (Å²) < 4.78 is 47.2. The fourth-order valence-corrected chi connectivity index (χ4v) is 3.60. The van der Waals surface area contributed by atoms with Crippen LogP contribution in [0.2, 0.25) is 0 Å². The average Bonchev–Trinajstić information content (AvgIpc) is 3.11. The van der Waals surface area contributed by atoms with Gasteiger partial charge in [0, 0.05) is 31.7 Å². The molecule has 1 aliphatic heterocycles. The quantitative estimate of drug-likeness (QED) is 0.656. The van der Waals surface area contributed by atoms with Crippen molar-refractivity contribution in [3.63, 3.8) is 0 Å². The molecule has 0 radical (unpaired) electrons. The fourth-order valence-electron chi connectivity index (χ4n) is 3.60. The van der Waals surface area contributed by atoms with Crippen LogP contribution in [0, 0.1) is 0 Å². The van der Waals surface area contributed by atoms with Gasteiger partial charge in [-0.05, 0) is 23.8 Å². The number of nitrogens with zero attached hydrogens (tertiary/aromatic N) is 3. The molecule has 0 spiro atoms. The highest BCUT2D eigenvalue weighted by Crippen LogP contribution is 2.37. The Morgan fingerprint density at radius 1 is 1.04 bits per heavy atom. The van der Waals surface area contributed by atoms with Crippen LogP contribution in [0.1, 0.15) is 16.8 Å². The van der Waals surface area contributed by atoms with Crippen molar-refractivity contribution in [2.24, 2.45) is 0 Å². The van der Waals surface area contributed by atoms with Gasteiger partial charge in [-0.2, -0.15) is 13.2 Å². The Kier molecular flexibility index (Phi) is 4.85. The lowest BCUT2D eigenvalue weighted by Crippen LogP contribution is -2.33. The number of fused-ring (bicyclic) bond motifs is 1. The summed E-state index contributed by atoms with van der Waals surface area (Å²) >= 11 is 0. The molecule has 1 aromatic heterocycles. The van der Waals surface area contributed by atoms with Gasteiger partial charge in [-0.25, -0.2) is 4.98 Å². The molecule has 3 aromatic rings. The zero-order valence-electron chi connectivity index (χ0n) is 15.4. The van der Waals surface area contributed by atoms with Crippen molar-refractivity contribution in [2.45, 2.75) is 25.8 Å². The summed E-state index contributed by atoms with van der Waals surface area (Å²) in [4.78, 5) is 6.59. The number of alkyl halides is 3. The Morgan fingerprint density at radius 2 is 1.79 bits per heavy atom. The van der Waals surface area contributed by atoms with Crippen LogP contribution in [0.4, 0.5) is 13.2 Å². The SMILES string of the molecule is COc1ccc(CN2CCn3c(cnc3-c3ccccc3C(F)(F)F)C2)cc1. The highest BCUT2D eigenvalue weighted by molar-refractivity contribution is 5.62. The van der Waals surface area contributed by atoms with Crippen molar-refractivity contribution in [1.29, 1.82) is 0 Å². The molecule has 146 valence electrons. The van der Waals surface area contributed by atoms with E-state index in [1.54, 1.807) is 19.4 Å². The summed E-state index contributed by atoms with van der Waals surface area (Å²) in [5.41, 5.74) is 1.57. The first kappa shape index (κ1) is 18.6. The minimum absolute atomic E-state index is 0.129. The molecular weight excluding hydrogens is 367 g/mol. The molecular formula is C21H20F3N3O. The molecule has 4 rings (SSSR count). The standard InChI is InChI=1S/C21H20F3N3O/c1-28-17-8-6-15(7-9-17)13-26-10-11-27-16(14-26)12-25-20(27)18-4-2-3-5-19(18)21(22,23)24/h2-9,12H,10-11,13-14H2,1H3. The Bertz CT molecular complexity index is 964. The van der Waals surface area contributed by atoms with Crippen molar-refractivity contribution >= 4 is 0 Å². The monoisotopic (exact) mass is 387 g/mol. The molecule has 4 nitrogen and oxygen atoms in total. The second kappa shape index (κ2) is 7.31. The molecule has 0 aliphatic carbocycles. The first-order chi connectivity index (χ1) is 13.5. The van der Waals surface area contributed by atoms with Crippen LogP contribution in [-0.2, 0) is 25.8 Å². The zero-order valence-corrected chi connectivity index (χ0v) is 15.4. The molecule has 7 heteroatoms. The molecule has 0 amide bonds. The number of aromatic nitrogens is 2. The Morgan fingerprint density at radius 3 is 2.50 bits per heavy atom. The van der Waals surface area contributed by atoms with E-state index < -0.39 is 11.7 Å². The number of rotatable bonds is 4. The van der Waals surface area contributed by atoms with Gasteiger partial charge < -0.3 is 9.30 Å². The number of methoxy groups -OCH3 is 1. The summed E-state index contributed by atoms with van der Waals surface area (Å²) in [5.74, 6) is 1.19. The van der Waals surface area contributed by atoms with Crippen LogP contribution in [0.5, 0.6) is 5.75 Å². The van der Waals surface area contributed by atoms with E-state index in [2.05, 4.69) is 9.88 Å². The second-order valence-corrected chi connectivity index (χ2v) is 6.83. The predicted octanol–water partition coefficient (Wildman–Crippen LogP) is 4.59. The van der Waals surface area contributed by atoms with Gasteiger partial charge in [0.05, 0.1) is 24.6 Å². The van der Waals surface area contributed by atoms with E-state index in [-0.39, 0.29) is 5.56 Å². The van der Waals surface area contributed by atoms with Gasteiger partial charge in [-0.1, -0.05) is 30.3 Å². The van der Waals surface area contributed by atoms with E-state index >= 15 is 0 Å². The molecule has 0 atom stereocenters. The van der Waals surface area contributed by atoms with Crippen LogP contribution < -0.4 is 4.74 Å². The highest BCUT2D eigenvalue weighted by atomic mass is 19.4. The van der Waals surface area contributed by atoms with E-state index in [0.29, 0.717) is 18.9 Å². The van der Waals surface area contributed by atoms with Crippen LogP contribution in [0.25, 0.3) is 11.4 Å². The topological polar surface area (TPSA) is 30.3 Å². The predicted molar refractivity (Wildman–Crippen MR) is 99.8 cm³/mol. The smallest absolute Gasteiger partial charge is 0.417 e. The Balaban J connectivity index is 1.56. The number of imidazole rings is 1. The van der Waals surface area contributed by atoms with E-state index in [1.807, 2.05) is 28.8 Å². The summed E-state index contributed by atoms with van der Waals surface area (Å²) in [6, 6.07) is 13.5. The van der Waals surface area contributed by atoms with Crippen molar-refractivity contribution < 1.29 is 17.9 Å². The molecule has 2 heterocycles. The Labute approximate surface area is 161 Å². The third-order valence-corrected chi connectivity index (χ3v) is 5.00. The molecule has 28 heavy (non-hydrogen) atoms. The van der Waals surface area contributed by atoms with Gasteiger partial charge in [-0.15, -0.1) is 0 Å². The summed E-state index contributed by atoms with van der Waals surface area (Å²) in [5, 5.41) is 0. The maximum atomic E-state index is 13.4. The van der Waals surface area contributed by atoms with Gasteiger partial charge >= 0.3 is 6.18 Å². The van der Waals surface area contributed by atoms with Crippen LogP contribution in [-0.4, -0.2) is 28.1 Å². The van der Waals surface area contributed by atoms with Crippen molar-refractivity contribution in [2.75, 3.05) is 13.7 Å². The maximum Gasteiger partial charge on any atom is 0.417 e. The van der Waals surface area contributed by atoms with E-state index in [9.17, 15) is 13.2 Å². The van der Waals surface area contributed by atoms with Crippen LogP contribution in [0.15, 0.2) is 54.7 Å². The molecule has 0 saturated carbocycles. The third-order valence-electron chi connectivity index (χ3n) is 5.00. The van der Waals surface area contributed by atoms with Crippen LogP contribution >= 0.6 is 0 Å². The molecule has 0 bridgehead atoms. The molecule has 0 saturated heterocycles. The molecule has 1 aliphatic rings. The maximum absolute atomic E-state index is 13.4. The average molecular weight is 387 g/mol. The summed E-state index contributed by atoms with van der Waals surface area (Å²) in [6.07, 6.45) is -2.72. The van der Waals surface area contributed by atoms with Crippen molar-refractivity contribution in [3.8, 4) is 17.1 Å². The number of halogens is 3. The lowest BCUT2D eigenvalue weighted by atomic mass is 10.1. The largest absolute Gasteiger partial charge is 0.497 e. The zero-order chi connectivity index (χ0) is 19.7. The van der Waals surface area contributed by atoms with Gasteiger partial charge in [0.25, 0.3) is 0 Å². The number of ether oxygens (including phenoxy) is 1. The first-order valence-electron chi connectivity index (χ1n) is 9.02. The normalized spacial score (nSPS) is 14.7. The Hall–Kier alpha value is -2.80. The highest BCUT2D eigenvalue weighted by Gasteiger charge is 2.35. The second-order valence-electron chi connectivity index (χ2n) is 6.83. The van der Waals surface area contributed by atoms with Crippen molar-refractivity contribution in [1.82, 2.24) is 14.5 Å². The van der Waals surface area contributed by atoms with Gasteiger partial charge in [0.2, 0.25) is 0 Å². The van der Waals surface area contributed by atoms with E-state index in [0.717, 1.165) is 36.2 Å². The number of hydrogen-bond donors (Lipinski definition) is 0. The van der Waals surface area contributed by atoms with E-state index in [1.165, 1.54) is 12.1 Å².